The SMILES string of the molecule is Cc1ccc(O)c(O)c1C12CCN(C)C(C)C1(O)CCC(N)C2. The Bertz CT molecular complexity index is 621. The number of phenolic OH excluding ortho intramolecular Hbond substituents is 2. The molecule has 5 heteroatoms. The van der Waals surface area contributed by atoms with Gasteiger partial charge in [-0.05, 0) is 64.8 Å². The summed E-state index contributed by atoms with van der Waals surface area (Å²) in [6, 6.07) is 3.27. The molecule has 1 saturated heterocycles. The molecule has 1 aliphatic heterocycles. The van der Waals surface area contributed by atoms with Crippen LogP contribution in [-0.2, 0) is 5.41 Å². The molecule has 0 bridgehead atoms. The van der Waals surface area contributed by atoms with Gasteiger partial charge in [0.25, 0.3) is 0 Å². The van der Waals surface area contributed by atoms with Gasteiger partial charge >= 0.3 is 0 Å². The predicted molar refractivity (Wildman–Crippen MR) is 89.7 cm³/mol. The number of aryl methyl sites for hydroxylation is 1. The molecular formula is C18H28N2O3. The largest absolute Gasteiger partial charge is 0.504 e. The van der Waals surface area contributed by atoms with Crippen molar-refractivity contribution in [2.75, 3.05) is 13.6 Å². The smallest absolute Gasteiger partial charge is 0.161 e. The molecule has 5 nitrogen and oxygen atoms in total. The highest BCUT2D eigenvalue weighted by atomic mass is 16.3. The predicted octanol–water partition coefficient (Wildman–Crippen LogP) is 1.61. The standard InChI is InChI=1S/C18H28N2O3/c1-11-4-5-14(21)16(22)15(11)17-8-9-20(3)12(2)18(17,23)7-6-13(19)10-17/h4-5,12-13,21-23H,6-10,19H2,1-3H3. The minimum Gasteiger partial charge on any atom is -0.504 e. The van der Waals surface area contributed by atoms with E-state index in [1.807, 2.05) is 27.0 Å². The quantitative estimate of drug-likeness (QED) is 0.590. The van der Waals surface area contributed by atoms with E-state index >= 15 is 0 Å². The van der Waals surface area contributed by atoms with E-state index in [1.54, 1.807) is 0 Å². The van der Waals surface area contributed by atoms with Crippen LogP contribution in [0.3, 0.4) is 0 Å². The second-order valence-electron chi connectivity index (χ2n) is 7.54. The second kappa shape index (κ2) is 5.36. The number of aliphatic hydroxyl groups is 1. The molecule has 5 N–H and O–H groups in total. The van der Waals surface area contributed by atoms with Gasteiger partial charge in [-0.1, -0.05) is 6.07 Å². The lowest BCUT2D eigenvalue weighted by Crippen LogP contribution is -2.70. The maximum absolute atomic E-state index is 11.7. The number of benzene rings is 1. The van der Waals surface area contributed by atoms with Crippen LogP contribution in [0.15, 0.2) is 12.1 Å². The third kappa shape index (κ3) is 2.17. The Morgan fingerprint density at radius 1 is 1.26 bits per heavy atom. The summed E-state index contributed by atoms with van der Waals surface area (Å²) in [6.07, 6.45) is 2.72. The molecule has 1 saturated carbocycles. The van der Waals surface area contributed by atoms with Gasteiger partial charge in [-0.3, -0.25) is 0 Å². The molecule has 3 rings (SSSR count). The fraction of sp³-hybridized carbons (Fsp3) is 0.667. The maximum atomic E-state index is 11.7. The van der Waals surface area contributed by atoms with Crippen LogP contribution in [0.4, 0.5) is 0 Å². The molecule has 0 amide bonds. The summed E-state index contributed by atoms with van der Waals surface area (Å²) in [5.74, 6) is -0.234. The molecule has 4 unspecified atom stereocenters. The van der Waals surface area contributed by atoms with Gasteiger partial charge in [-0.2, -0.15) is 0 Å². The van der Waals surface area contributed by atoms with Crippen molar-refractivity contribution in [3.05, 3.63) is 23.3 Å². The van der Waals surface area contributed by atoms with E-state index in [4.69, 9.17) is 5.73 Å². The van der Waals surface area contributed by atoms with Gasteiger partial charge in [0.1, 0.15) is 0 Å². The molecule has 1 aromatic carbocycles. The summed E-state index contributed by atoms with van der Waals surface area (Å²) in [4.78, 5) is 2.17. The fourth-order valence-electron chi connectivity index (χ4n) is 4.95. The van der Waals surface area contributed by atoms with Gasteiger partial charge in [-0.25, -0.2) is 0 Å². The highest BCUT2D eigenvalue weighted by Crippen LogP contribution is 2.57. The number of piperidine rings is 1. The average Bonchev–Trinajstić information content (AvgIpc) is 2.50. The van der Waals surface area contributed by atoms with Crippen molar-refractivity contribution < 1.29 is 15.3 Å². The van der Waals surface area contributed by atoms with E-state index in [0.29, 0.717) is 18.4 Å². The number of fused-ring (bicyclic) bond motifs is 1. The van der Waals surface area contributed by atoms with E-state index < -0.39 is 11.0 Å². The molecule has 0 aromatic heterocycles. The first kappa shape index (κ1) is 16.6. The number of hydrogen-bond donors (Lipinski definition) is 4. The number of likely N-dealkylation sites (N-methyl/N-ethyl adjacent to an activating group) is 1. The summed E-state index contributed by atoms with van der Waals surface area (Å²) in [5.41, 5.74) is 6.25. The molecule has 23 heavy (non-hydrogen) atoms. The molecule has 1 heterocycles. The van der Waals surface area contributed by atoms with Crippen molar-refractivity contribution in [2.45, 2.75) is 62.6 Å². The number of nitrogens with two attached hydrogens (primary N) is 1. The fourth-order valence-corrected chi connectivity index (χ4v) is 4.95. The number of aromatic hydroxyl groups is 2. The zero-order valence-corrected chi connectivity index (χ0v) is 14.2. The van der Waals surface area contributed by atoms with E-state index in [9.17, 15) is 15.3 Å². The molecule has 0 spiro atoms. The van der Waals surface area contributed by atoms with Gasteiger partial charge < -0.3 is 26.0 Å². The number of likely N-dealkylation sites (tertiary alicyclic amines) is 1. The van der Waals surface area contributed by atoms with Gasteiger partial charge in [0.2, 0.25) is 0 Å². The first-order valence-electron chi connectivity index (χ1n) is 8.43. The Hall–Kier alpha value is -1.30. The summed E-state index contributed by atoms with van der Waals surface area (Å²) >= 11 is 0. The van der Waals surface area contributed by atoms with Crippen LogP contribution in [0, 0.1) is 6.92 Å². The van der Waals surface area contributed by atoms with Crippen molar-refractivity contribution in [3.8, 4) is 11.5 Å². The maximum Gasteiger partial charge on any atom is 0.161 e. The molecule has 4 atom stereocenters. The van der Waals surface area contributed by atoms with Crippen LogP contribution in [0.2, 0.25) is 0 Å². The van der Waals surface area contributed by atoms with E-state index in [0.717, 1.165) is 24.9 Å². The molecule has 2 fully saturated rings. The monoisotopic (exact) mass is 320 g/mol. The lowest BCUT2D eigenvalue weighted by atomic mass is 9.52. The molecule has 2 aliphatic rings. The summed E-state index contributed by atoms with van der Waals surface area (Å²) in [7, 11) is 2.02. The van der Waals surface area contributed by atoms with Crippen LogP contribution in [0.1, 0.15) is 43.7 Å². The minimum atomic E-state index is -0.966. The van der Waals surface area contributed by atoms with Crippen molar-refractivity contribution in [3.63, 3.8) is 0 Å². The van der Waals surface area contributed by atoms with E-state index in [1.165, 1.54) is 6.07 Å². The Morgan fingerprint density at radius 3 is 2.65 bits per heavy atom. The summed E-state index contributed by atoms with van der Waals surface area (Å²) < 4.78 is 0. The lowest BCUT2D eigenvalue weighted by molar-refractivity contribution is -0.152. The second-order valence-corrected chi connectivity index (χ2v) is 7.54. The first-order chi connectivity index (χ1) is 10.7. The molecule has 0 radical (unpaired) electrons. The van der Waals surface area contributed by atoms with E-state index in [2.05, 4.69) is 4.90 Å². The van der Waals surface area contributed by atoms with Gasteiger partial charge in [0.05, 0.1) is 5.60 Å². The van der Waals surface area contributed by atoms with Gasteiger partial charge in [-0.15, -0.1) is 0 Å². The van der Waals surface area contributed by atoms with Crippen molar-refractivity contribution in [2.24, 2.45) is 5.73 Å². The summed E-state index contributed by atoms with van der Waals surface area (Å²) in [5, 5.41) is 32.3. The zero-order chi connectivity index (χ0) is 17.0. The van der Waals surface area contributed by atoms with Crippen LogP contribution < -0.4 is 5.73 Å². The Morgan fingerprint density at radius 2 is 1.96 bits per heavy atom. The molecule has 128 valence electrons. The third-order valence-electron chi connectivity index (χ3n) is 6.42. The minimum absolute atomic E-state index is 0.00738. The Balaban J connectivity index is 2.25. The van der Waals surface area contributed by atoms with E-state index in [-0.39, 0.29) is 23.6 Å². The number of rotatable bonds is 1. The highest BCUT2D eigenvalue weighted by Gasteiger charge is 2.61. The van der Waals surface area contributed by atoms with Gasteiger partial charge in [0, 0.05) is 23.1 Å². The van der Waals surface area contributed by atoms with Gasteiger partial charge in [0.15, 0.2) is 11.5 Å². The molecule has 1 aromatic rings. The normalized spacial score (nSPS) is 38.3. The van der Waals surface area contributed by atoms with Crippen LogP contribution >= 0.6 is 0 Å². The van der Waals surface area contributed by atoms with Crippen LogP contribution in [0.5, 0.6) is 11.5 Å². The van der Waals surface area contributed by atoms with Crippen LogP contribution in [0.25, 0.3) is 0 Å². The zero-order valence-electron chi connectivity index (χ0n) is 14.2. The van der Waals surface area contributed by atoms with Crippen molar-refractivity contribution in [1.82, 2.24) is 4.90 Å². The highest BCUT2D eigenvalue weighted by molar-refractivity contribution is 5.55. The van der Waals surface area contributed by atoms with Crippen molar-refractivity contribution in [1.29, 1.82) is 0 Å². The molecule has 1 aliphatic carbocycles. The topological polar surface area (TPSA) is 90.0 Å². The lowest BCUT2D eigenvalue weighted by Gasteiger charge is -2.60. The third-order valence-corrected chi connectivity index (χ3v) is 6.42. The summed E-state index contributed by atoms with van der Waals surface area (Å²) in [6.45, 7) is 4.79. The number of nitrogens with zero attached hydrogens (tertiary/aromatic N) is 1. The molecular weight excluding hydrogens is 292 g/mol. The number of phenols is 2. The average molecular weight is 320 g/mol. The Kier molecular flexibility index (Phi) is 3.86. The van der Waals surface area contributed by atoms with Crippen molar-refractivity contribution >= 4 is 0 Å². The number of hydrogen-bond acceptors (Lipinski definition) is 5. The Labute approximate surface area is 137 Å². The van der Waals surface area contributed by atoms with Crippen LogP contribution in [-0.4, -0.2) is 51.5 Å². The first-order valence-corrected chi connectivity index (χ1v) is 8.43.